The highest BCUT2D eigenvalue weighted by Gasteiger charge is 2.32. The van der Waals surface area contributed by atoms with Gasteiger partial charge in [0, 0.05) is 18.7 Å². The maximum Gasteiger partial charge on any atom is 0.309 e. The van der Waals surface area contributed by atoms with Crippen molar-refractivity contribution in [3.8, 4) is 11.4 Å². The average molecular weight is 442 g/mol. The van der Waals surface area contributed by atoms with E-state index in [1.807, 2.05) is 31.2 Å². The van der Waals surface area contributed by atoms with E-state index in [1.165, 1.54) is 4.31 Å². The van der Waals surface area contributed by atoms with E-state index >= 15 is 0 Å². The molecule has 0 bridgehead atoms. The standard InChI is InChI=1S/C22H23N3O5S/c1-16-7-9-17(10-8-16)21-23-20(30-24-21)15-29-22(26)18-11-13-25(14-12-18)31(27,28)19-5-3-2-4-6-19/h2-10,18H,11-15H2,1H3. The minimum Gasteiger partial charge on any atom is -0.455 e. The monoisotopic (exact) mass is 441 g/mol. The van der Waals surface area contributed by atoms with Crippen molar-refractivity contribution in [1.29, 1.82) is 0 Å². The molecular weight excluding hydrogens is 418 g/mol. The molecule has 1 saturated heterocycles. The Morgan fingerprint density at radius 1 is 1.10 bits per heavy atom. The van der Waals surface area contributed by atoms with E-state index in [4.69, 9.17) is 9.26 Å². The van der Waals surface area contributed by atoms with Crippen LogP contribution in [0.2, 0.25) is 0 Å². The van der Waals surface area contributed by atoms with Gasteiger partial charge in [0.05, 0.1) is 10.8 Å². The molecule has 162 valence electrons. The summed E-state index contributed by atoms with van der Waals surface area (Å²) < 4.78 is 37.3. The van der Waals surface area contributed by atoms with Gasteiger partial charge in [-0.05, 0) is 31.9 Å². The number of aryl methyl sites for hydroxylation is 1. The van der Waals surface area contributed by atoms with Gasteiger partial charge in [-0.1, -0.05) is 53.2 Å². The molecule has 9 heteroatoms. The number of ether oxygens (including phenoxy) is 1. The van der Waals surface area contributed by atoms with E-state index < -0.39 is 10.0 Å². The van der Waals surface area contributed by atoms with Crippen molar-refractivity contribution in [3.05, 3.63) is 66.1 Å². The normalized spacial score (nSPS) is 15.6. The fraction of sp³-hybridized carbons (Fsp3) is 0.318. The van der Waals surface area contributed by atoms with Crippen LogP contribution in [0.3, 0.4) is 0 Å². The van der Waals surface area contributed by atoms with Crippen LogP contribution in [-0.4, -0.2) is 41.9 Å². The zero-order chi connectivity index (χ0) is 21.8. The van der Waals surface area contributed by atoms with Gasteiger partial charge in [-0.15, -0.1) is 0 Å². The van der Waals surface area contributed by atoms with E-state index in [9.17, 15) is 13.2 Å². The Bertz CT molecular complexity index is 1140. The van der Waals surface area contributed by atoms with Crippen molar-refractivity contribution >= 4 is 16.0 Å². The van der Waals surface area contributed by atoms with Crippen LogP contribution in [0.4, 0.5) is 0 Å². The van der Waals surface area contributed by atoms with Crippen molar-refractivity contribution in [2.24, 2.45) is 5.92 Å². The van der Waals surface area contributed by atoms with Crippen molar-refractivity contribution in [1.82, 2.24) is 14.4 Å². The summed E-state index contributed by atoms with van der Waals surface area (Å²) in [6.45, 7) is 2.43. The molecule has 0 radical (unpaired) electrons. The van der Waals surface area contributed by atoms with Crippen LogP contribution in [0.1, 0.15) is 24.3 Å². The Hall–Kier alpha value is -3.04. The molecule has 1 aliphatic heterocycles. The molecule has 1 aliphatic rings. The van der Waals surface area contributed by atoms with Gasteiger partial charge in [-0.25, -0.2) is 8.42 Å². The number of nitrogens with zero attached hydrogens (tertiary/aromatic N) is 3. The highest BCUT2D eigenvalue weighted by molar-refractivity contribution is 7.89. The molecule has 0 spiro atoms. The largest absolute Gasteiger partial charge is 0.455 e. The zero-order valence-corrected chi connectivity index (χ0v) is 17.9. The first-order chi connectivity index (χ1) is 14.9. The first-order valence-electron chi connectivity index (χ1n) is 10.0. The molecule has 1 aromatic heterocycles. The van der Waals surface area contributed by atoms with Gasteiger partial charge >= 0.3 is 5.97 Å². The fourth-order valence-corrected chi connectivity index (χ4v) is 4.95. The van der Waals surface area contributed by atoms with Crippen molar-refractivity contribution in [2.75, 3.05) is 13.1 Å². The lowest BCUT2D eigenvalue weighted by atomic mass is 9.98. The number of piperidine rings is 1. The molecule has 1 fully saturated rings. The second-order valence-electron chi connectivity index (χ2n) is 7.48. The summed E-state index contributed by atoms with van der Waals surface area (Å²) in [5, 5.41) is 3.92. The first-order valence-corrected chi connectivity index (χ1v) is 11.5. The molecule has 0 amide bonds. The van der Waals surface area contributed by atoms with Crippen LogP contribution in [0, 0.1) is 12.8 Å². The molecule has 0 atom stereocenters. The molecule has 31 heavy (non-hydrogen) atoms. The smallest absolute Gasteiger partial charge is 0.309 e. The minimum atomic E-state index is -3.54. The van der Waals surface area contributed by atoms with Gasteiger partial charge in [-0.2, -0.15) is 9.29 Å². The van der Waals surface area contributed by atoms with Crippen LogP contribution >= 0.6 is 0 Å². The minimum absolute atomic E-state index is 0.111. The zero-order valence-electron chi connectivity index (χ0n) is 17.1. The molecule has 4 rings (SSSR count). The Balaban J connectivity index is 1.29. The van der Waals surface area contributed by atoms with Gasteiger partial charge in [0.15, 0.2) is 6.61 Å². The first kappa shape index (κ1) is 21.2. The highest BCUT2D eigenvalue weighted by atomic mass is 32.2. The van der Waals surface area contributed by atoms with Gasteiger partial charge in [0.25, 0.3) is 5.89 Å². The van der Waals surface area contributed by atoms with Crippen molar-refractivity contribution in [2.45, 2.75) is 31.3 Å². The molecule has 0 N–H and O–H groups in total. The highest BCUT2D eigenvalue weighted by Crippen LogP contribution is 2.25. The number of sulfonamides is 1. The lowest BCUT2D eigenvalue weighted by Crippen LogP contribution is -2.40. The maximum absolute atomic E-state index is 12.7. The molecule has 0 aliphatic carbocycles. The second kappa shape index (κ2) is 8.99. The van der Waals surface area contributed by atoms with E-state index in [0.29, 0.717) is 18.7 Å². The number of hydrogen-bond acceptors (Lipinski definition) is 7. The number of carbonyl (C=O) groups is 1. The third-order valence-electron chi connectivity index (χ3n) is 5.28. The summed E-state index contributed by atoms with van der Waals surface area (Å²) >= 11 is 0. The Morgan fingerprint density at radius 3 is 2.45 bits per heavy atom. The summed E-state index contributed by atoms with van der Waals surface area (Å²) in [4.78, 5) is 17.0. The predicted octanol–water partition coefficient (Wildman–Crippen LogP) is 3.19. The Kier molecular flexibility index (Phi) is 6.15. The molecule has 8 nitrogen and oxygen atoms in total. The van der Waals surface area contributed by atoms with E-state index in [2.05, 4.69) is 10.1 Å². The fourth-order valence-electron chi connectivity index (χ4n) is 3.46. The summed E-state index contributed by atoms with van der Waals surface area (Å²) in [6, 6.07) is 16.0. The van der Waals surface area contributed by atoms with Gasteiger partial charge in [0.1, 0.15) is 0 Å². The van der Waals surface area contributed by atoms with Crippen LogP contribution < -0.4 is 0 Å². The van der Waals surface area contributed by atoms with Crippen molar-refractivity contribution < 1.29 is 22.5 Å². The number of hydrogen-bond donors (Lipinski definition) is 0. The van der Waals surface area contributed by atoms with Crippen LogP contribution in [0.5, 0.6) is 0 Å². The quantitative estimate of drug-likeness (QED) is 0.541. The average Bonchev–Trinajstić information content (AvgIpc) is 3.28. The topological polar surface area (TPSA) is 103 Å². The third-order valence-corrected chi connectivity index (χ3v) is 7.20. The maximum atomic E-state index is 12.7. The number of esters is 1. The van der Waals surface area contributed by atoms with Gasteiger partial charge in [0.2, 0.25) is 15.8 Å². The summed E-state index contributed by atoms with van der Waals surface area (Å²) in [7, 11) is -3.54. The second-order valence-corrected chi connectivity index (χ2v) is 9.41. The molecule has 2 heterocycles. The van der Waals surface area contributed by atoms with Crippen molar-refractivity contribution in [3.63, 3.8) is 0 Å². The van der Waals surface area contributed by atoms with E-state index in [-0.39, 0.29) is 42.4 Å². The van der Waals surface area contributed by atoms with Gasteiger partial charge < -0.3 is 9.26 Å². The van der Waals surface area contributed by atoms with Crippen LogP contribution in [0.15, 0.2) is 64.0 Å². The van der Waals surface area contributed by atoms with E-state index in [0.717, 1.165) is 11.1 Å². The van der Waals surface area contributed by atoms with Gasteiger partial charge in [-0.3, -0.25) is 4.79 Å². The number of carbonyl (C=O) groups excluding carboxylic acids is 1. The van der Waals surface area contributed by atoms with Crippen LogP contribution in [0.25, 0.3) is 11.4 Å². The summed E-state index contributed by atoms with van der Waals surface area (Å²) in [5.74, 6) is -0.0907. The molecule has 3 aromatic rings. The molecule has 2 aromatic carbocycles. The molecular formula is C22H23N3O5S. The lowest BCUT2D eigenvalue weighted by Gasteiger charge is -2.30. The summed E-state index contributed by atoms with van der Waals surface area (Å²) in [6.07, 6.45) is 0.812. The SMILES string of the molecule is Cc1ccc(-c2noc(COC(=O)C3CCN(S(=O)(=O)c4ccccc4)CC3)n2)cc1. The number of aromatic nitrogens is 2. The Morgan fingerprint density at radius 2 is 1.77 bits per heavy atom. The Labute approximate surface area is 180 Å². The van der Waals surface area contributed by atoms with E-state index in [1.54, 1.807) is 30.3 Å². The lowest BCUT2D eigenvalue weighted by molar-refractivity contribution is -0.152. The van der Waals surface area contributed by atoms with Crippen LogP contribution in [-0.2, 0) is 26.2 Å². The molecule has 0 unspecified atom stereocenters. The number of rotatable bonds is 6. The predicted molar refractivity (Wildman–Crippen MR) is 112 cm³/mol. The molecule has 0 saturated carbocycles. The number of benzene rings is 2. The summed E-state index contributed by atoms with van der Waals surface area (Å²) in [5.41, 5.74) is 1.95. The third kappa shape index (κ3) is 4.83.